The molecular weight excluding hydrogens is 312 g/mol. The Balaban J connectivity index is 1.73. The highest BCUT2D eigenvalue weighted by Crippen LogP contribution is 2.40. The SMILES string of the molecule is Cc1nc2ccc(NC(=O)CC3(C(=O)O)CCCCC3)cc2s1. The third-order valence-electron chi connectivity index (χ3n) is 4.54. The van der Waals surface area contributed by atoms with Crippen LogP contribution in [-0.4, -0.2) is 22.0 Å². The minimum atomic E-state index is -0.895. The Kier molecular flexibility index (Phi) is 4.35. The molecule has 23 heavy (non-hydrogen) atoms. The lowest BCUT2D eigenvalue weighted by atomic mass is 9.71. The number of carboxylic acid groups (broad SMARTS) is 1. The van der Waals surface area contributed by atoms with Crippen LogP contribution in [0.5, 0.6) is 0 Å². The van der Waals surface area contributed by atoms with Crippen molar-refractivity contribution in [1.82, 2.24) is 4.98 Å². The van der Waals surface area contributed by atoms with Crippen molar-refractivity contribution in [3.05, 3.63) is 23.2 Å². The van der Waals surface area contributed by atoms with Gasteiger partial charge in [-0.3, -0.25) is 9.59 Å². The van der Waals surface area contributed by atoms with Crippen molar-refractivity contribution in [1.29, 1.82) is 0 Å². The maximum Gasteiger partial charge on any atom is 0.310 e. The largest absolute Gasteiger partial charge is 0.481 e. The molecule has 5 nitrogen and oxygen atoms in total. The van der Waals surface area contributed by atoms with E-state index in [1.807, 2.05) is 25.1 Å². The fourth-order valence-electron chi connectivity index (χ4n) is 3.32. The average molecular weight is 332 g/mol. The van der Waals surface area contributed by atoms with Gasteiger partial charge in [0.05, 0.1) is 20.6 Å². The summed E-state index contributed by atoms with van der Waals surface area (Å²) in [5.41, 5.74) is 0.718. The Hall–Kier alpha value is -1.95. The molecule has 1 aromatic carbocycles. The van der Waals surface area contributed by atoms with E-state index in [-0.39, 0.29) is 12.3 Å². The highest BCUT2D eigenvalue weighted by atomic mass is 32.1. The molecule has 0 bridgehead atoms. The van der Waals surface area contributed by atoms with Crippen molar-refractivity contribution in [3.63, 3.8) is 0 Å². The van der Waals surface area contributed by atoms with Gasteiger partial charge in [-0.1, -0.05) is 19.3 Å². The molecule has 1 aliphatic rings. The van der Waals surface area contributed by atoms with Gasteiger partial charge in [-0.2, -0.15) is 0 Å². The molecular formula is C17H20N2O3S. The number of carbonyl (C=O) groups excluding carboxylic acids is 1. The van der Waals surface area contributed by atoms with Gasteiger partial charge in [-0.05, 0) is 38.0 Å². The van der Waals surface area contributed by atoms with Crippen molar-refractivity contribution in [2.75, 3.05) is 5.32 Å². The predicted octanol–water partition coefficient (Wildman–Crippen LogP) is 3.97. The molecule has 0 unspecified atom stereocenters. The summed E-state index contributed by atoms with van der Waals surface area (Å²) in [5, 5.41) is 13.4. The van der Waals surface area contributed by atoms with E-state index < -0.39 is 11.4 Å². The number of nitrogens with one attached hydrogen (secondary N) is 1. The number of hydrogen-bond donors (Lipinski definition) is 2. The van der Waals surface area contributed by atoms with Gasteiger partial charge in [0.15, 0.2) is 0 Å². The second-order valence-corrected chi connectivity index (χ2v) is 7.52. The number of hydrogen-bond acceptors (Lipinski definition) is 4. The Morgan fingerprint density at radius 2 is 2.04 bits per heavy atom. The van der Waals surface area contributed by atoms with Crippen molar-refractivity contribution in [2.45, 2.75) is 45.4 Å². The van der Waals surface area contributed by atoms with Crippen LogP contribution >= 0.6 is 11.3 Å². The molecule has 6 heteroatoms. The van der Waals surface area contributed by atoms with E-state index in [0.717, 1.165) is 34.5 Å². The van der Waals surface area contributed by atoms with E-state index in [1.54, 1.807) is 11.3 Å². The molecule has 122 valence electrons. The molecule has 1 heterocycles. The average Bonchev–Trinajstić information content (AvgIpc) is 2.87. The normalized spacial score (nSPS) is 17.1. The maximum absolute atomic E-state index is 12.3. The number of carbonyl (C=O) groups is 2. The van der Waals surface area contributed by atoms with Gasteiger partial charge < -0.3 is 10.4 Å². The number of fused-ring (bicyclic) bond motifs is 1. The number of aliphatic carboxylic acids is 1. The van der Waals surface area contributed by atoms with E-state index >= 15 is 0 Å². The number of amides is 1. The molecule has 0 saturated heterocycles. The van der Waals surface area contributed by atoms with Crippen LogP contribution in [0, 0.1) is 12.3 Å². The molecule has 1 aromatic heterocycles. The van der Waals surface area contributed by atoms with Gasteiger partial charge in [-0.15, -0.1) is 11.3 Å². The van der Waals surface area contributed by atoms with Crippen LogP contribution in [0.2, 0.25) is 0 Å². The summed E-state index contributed by atoms with van der Waals surface area (Å²) in [4.78, 5) is 28.4. The first-order valence-electron chi connectivity index (χ1n) is 7.89. The van der Waals surface area contributed by atoms with Gasteiger partial charge in [0.1, 0.15) is 0 Å². The second-order valence-electron chi connectivity index (χ2n) is 6.29. The van der Waals surface area contributed by atoms with Crippen molar-refractivity contribution < 1.29 is 14.7 Å². The lowest BCUT2D eigenvalue weighted by molar-refractivity contribution is -0.153. The predicted molar refractivity (Wildman–Crippen MR) is 90.8 cm³/mol. The Labute approximate surface area is 138 Å². The first kappa shape index (κ1) is 15.9. The number of aromatic nitrogens is 1. The fraction of sp³-hybridized carbons (Fsp3) is 0.471. The Bertz CT molecular complexity index is 747. The number of aryl methyl sites for hydroxylation is 1. The lowest BCUT2D eigenvalue weighted by Gasteiger charge is -2.32. The van der Waals surface area contributed by atoms with E-state index in [9.17, 15) is 14.7 Å². The first-order chi connectivity index (χ1) is 11.0. The zero-order valence-electron chi connectivity index (χ0n) is 13.1. The van der Waals surface area contributed by atoms with E-state index in [4.69, 9.17) is 0 Å². The van der Waals surface area contributed by atoms with Gasteiger partial charge >= 0.3 is 5.97 Å². The second kappa shape index (κ2) is 6.28. The molecule has 1 fully saturated rings. The van der Waals surface area contributed by atoms with Gasteiger partial charge in [0.2, 0.25) is 5.91 Å². The quantitative estimate of drug-likeness (QED) is 0.888. The zero-order chi connectivity index (χ0) is 16.4. The van der Waals surface area contributed by atoms with Crippen LogP contribution in [0.15, 0.2) is 18.2 Å². The number of carboxylic acids is 1. The highest BCUT2D eigenvalue weighted by molar-refractivity contribution is 7.18. The van der Waals surface area contributed by atoms with E-state index in [1.165, 1.54) is 0 Å². The summed E-state index contributed by atoms with van der Waals surface area (Å²) in [6.45, 7) is 1.95. The molecule has 1 aliphatic carbocycles. The third-order valence-corrected chi connectivity index (χ3v) is 5.48. The minimum Gasteiger partial charge on any atom is -0.481 e. The van der Waals surface area contributed by atoms with E-state index in [0.29, 0.717) is 18.5 Å². The molecule has 0 spiro atoms. The number of nitrogens with zero attached hydrogens (tertiary/aromatic N) is 1. The number of rotatable bonds is 4. The number of anilines is 1. The highest BCUT2D eigenvalue weighted by Gasteiger charge is 2.41. The summed E-state index contributed by atoms with van der Waals surface area (Å²) in [5.74, 6) is -1.07. The summed E-state index contributed by atoms with van der Waals surface area (Å²) in [6.07, 6.45) is 4.03. The first-order valence-corrected chi connectivity index (χ1v) is 8.71. The molecule has 1 amide bonds. The molecule has 3 rings (SSSR count). The van der Waals surface area contributed by atoms with Crippen LogP contribution in [0.25, 0.3) is 10.2 Å². The molecule has 0 aliphatic heterocycles. The lowest BCUT2D eigenvalue weighted by Crippen LogP contribution is -2.37. The van der Waals surface area contributed by atoms with Crippen molar-refractivity contribution in [3.8, 4) is 0 Å². The smallest absolute Gasteiger partial charge is 0.310 e. The van der Waals surface area contributed by atoms with E-state index in [2.05, 4.69) is 10.3 Å². The molecule has 0 radical (unpaired) electrons. The van der Waals surface area contributed by atoms with Crippen LogP contribution in [0.1, 0.15) is 43.5 Å². The summed E-state index contributed by atoms with van der Waals surface area (Å²) in [7, 11) is 0. The number of benzene rings is 1. The van der Waals surface area contributed by atoms with Gasteiger partial charge in [0, 0.05) is 12.1 Å². The van der Waals surface area contributed by atoms with Gasteiger partial charge in [-0.25, -0.2) is 4.98 Å². The molecule has 2 aromatic rings. The summed E-state index contributed by atoms with van der Waals surface area (Å²) >= 11 is 1.58. The Morgan fingerprint density at radius 1 is 1.30 bits per heavy atom. The van der Waals surface area contributed by atoms with Crippen LogP contribution in [0.4, 0.5) is 5.69 Å². The molecule has 2 N–H and O–H groups in total. The monoisotopic (exact) mass is 332 g/mol. The Morgan fingerprint density at radius 3 is 2.74 bits per heavy atom. The minimum absolute atomic E-state index is 0.0437. The molecule has 0 atom stereocenters. The summed E-state index contributed by atoms with van der Waals surface area (Å²) in [6, 6.07) is 5.59. The topological polar surface area (TPSA) is 79.3 Å². The van der Waals surface area contributed by atoms with Crippen LogP contribution < -0.4 is 5.32 Å². The summed E-state index contributed by atoms with van der Waals surface area (Å²) < 4.78 is 1.02. The van der Waals surface area contributed by atoms with Crippen molar-refractivity contribution >= 4 is 39.1 Å². The van der Waals surface area contributed by atoms with Crippen LogP contribution in [-0.2, 0) is 9.59 Å². The standard InChI is InChI=1S/C17H20N2O3S/c1-11-18-13-6-5-12(9-14(13)23-11)19-15(20)10-17(16(21)22)7-3-2-4-8-17/h5-6,9H,2-4,7-8,10H2,1H3,(H,19,20)(H,21,22). The van der Waals surface area contributed by atoms with Crippen LogP contribution in [0.3, 0.4) is 0 Å². The zero-order valence-corrected chi connectivity index (χ0v) is 13.9. The fourth-order valence-corrected chi connectivity index (χ4v) is 4.19. The maximum atomic E-state index is 12.3. The van der Waals surface area contributed by atoms with Gasteiger partial charge in [0.25, 0.3) is 0 Å². The molecule has 1 saturated carbocycles. The van der Waals surface area contributed by atoms with Crippen molar-refractivity contribution in [2.24, 2.45) is 5.41 Å². The third kappa shape index (κ3) is 3.37. The number of thiazole rings is 1.